The predicted octanol–water partition coefficient (Wildman–Crippen LogP) is 8.66. The van der Waals surface area contributed by atoms with E-state index in [1.165, 1.54) is 108 Å². The maximum absolute atomic E-state index is 14.6. The molecular formula is C61H75F2N13O11S2. The topological polar surface area (TPSA) is 314 Å². The first-order valence-electron chi connectivity index (χ1n) is 28.2. The number of aromatic nitrogens is 10. The lowest BCUT2D eigenvalue weighted by molar-refractivity contribution is -0.146. The van der Waals surface area contributed by atoms with E-state index in [2.05, 4.69) is 32.5 Å². The number of Topliss-reactive ketones (excluding diaryl/α,β-unsaturated/α-hetero) is 1. The quantitative estimate of drug-likeness (QED) is 0.0641. The monoisotopic (exact) mass is 1270 g/mol. The maximum Gasteiger partial charge on any atom is 0.333 e. The van der Waals surface area contributed by atoms with Crippen LogP contribution >= 0.6 is 22.7 Å². The Balaban J connectivity index is 0.000000268. The Hall–Kier alpha value is -8.54. The summed E-state index contributed by atoms with van der Waals surface area (Å²) < 4.78 is 56.7. The maximum atomic E-state index is 14.6. The van der Waals surface area contributed by atoms with Gasteiger partial charge in [-0.1, -0.05) is 50.4 Å². The molecule has 0 amide bonds. The van der Waals surface area contributed by atoms with E-state index in [1.807, 2.05) is 27.7 Å². The lowest BCUT2D eigenvalue weighted by Crippen LogP contribution is -2.53. The zero-order valence-corrected chi connectivity index (χ0v) is 54.3. The number of ketones is 1. The summed E-state index contributed by atoms with van der Waals surface area (Å²) in [4.78, 5) is 85.3. The highest BCUT2D eigenvalue weighted by Gasteiger charge is 2.39. The van der Waals surface area contributed by atoms with E-state index in [0.29, 0.717) is 47.9 Å². The number of carboxylic acids is 1. The molecule has 8 aromatic rings. The first kappa shape index (κ1) is 69.6. The van der Waals surface area contributed by atoms with Crippen molar-refractivity contribution in [1.29, 1.82) is 10.5 Å². The van der Waals surface area contributed by atoms with E-state index in [4.69, 9.17) is 24.7 Å². The second kappa shape index (κ2) is 27.9. The summed E-state index contributed by atoms with van der Waals surface area (Å²) >= 11 is 2.21. The van der Waals surface area contributed by atoms with E-state index in [9.17, 15) is 53.2 Å². The lowest BCUT2D eigenvalue weighted by Gasteiger charge is -2.29. The smallest absolute Gasteiger partial charge is 0.333 e. The van der Waals surface area contributed by atoms with Gasteiger partial charge in [-0.3, -0.25) is 23.5 Å². The highest BCUT2D eigenvalue weighted by atomic mass is 32.1. The summed E-state index contributed by atoms with van der Waals surface area (Å²) in [7, 11) is 2.84. The SMILES string of the molecule is CC(C)N.COc1ccc(F)cc1[C@H](Cn1c(=O)n(C(C)(C)C(=O)CC(C)C)c(=O)c2c(C)c(-n3nccn3)sc21)OCC(C)(C)C#N.COc1ccc(F)cc1[C@H](Cn1c(=O)n(C(C)(C)C(=O)O)c(=O)c2c(C)c(-n3nccn3)sc21)OCC(C)(C)C#N. The fraction of sp³-hybridized carbons (Fsp3) is 0.475. The van der Waals surface area contributed by atoms with E-state index >= 15 is 0 Å². The molecule has 476 valence electrons. The first-order valence-corrected chi connectivity index (χ1v) is 29.8. The second-order valence-electron chi connectivity index (χ2n) is 24.2. The number of carbonyl (C=O) groups is 2. The zero-order valence-electron chi connectivity index (χ0n) is 52.7. The van der Waals surface area contributed by atoms with Crippen molar-refractivity contribution in [3.8, 4) is 33.6 Å². The van der Waals surface area contributed by atoms with Gasteiger partial charge in [0, 0.05) is 28.7 Å². The molecule has 0 unspecified atom stereocenters. The summed E-state index contributed by atoms with van der Waals surface area (Å²) in [6.07, 6.45) is 4.06. The Labute approximate surface area is 519 Å². The third-order valence-electron chi connectivity index (χ3n) is 14.2. The molecule has 2 atom stereocenters. The number of carbonyl (C=O) groups excluding carboxylic acids is 1. The van der Waals surface area contributed by atoms with Crippen molar-refractivity contribution in [1.82, 2.24) is 48.3 Å². The van der Waals surface area contributed by atoms with Crippen LogP contribution in [0.1, 0.15) is 124 Å². The lowest BCUT2D eigenvalue weighted by atomic mass is 9.91. The van der Waals surface area contributed by atoms with Gasteiger partial charge in [-0.15, -0.1) is 9.59 Å². The van der Waals surface area contributed by atoms with E-state index < -0.39 is 74.2 Å². The molecule has 8 rings (SSSR count). The number of rotatable bonds is 22. The number of carboxylic acid groups (broad SMARTS) is 1. The molecule has 24 nitrogen and oxygen atoms in total. The molecule has 0 fully saturated rings. The Morgan fingerprint density at radius 2 is 0.989 bits per heavy atom. The zero-order chi connectivity index (χ0) is 66.4. The molecular weight excluding hydrogens is 1190 g/mol. The molecule has 0 bridgehead atoms. The van der Waals surface area contributed by atoms with Crippen molar-refractivity contribution in [2.75, 3.05) is 27.4 Å². The fourth-order valence-electron chi connectivity index (χ4n) is 9.25. The highest BCUT2D eigenvalue weighted by Crippen LogP contribution is 2.38. The van der Waals surface area contributed by atoms with Crippen LogP contribution in [-0.4, -0.2) is 98.6 Å². The van der Waals surface area contributed by atoms with Crippen LogP contribution in [0.15, 0.2) is 80.4 Å². The summed E-state index contributed by atoms with van der Waals surface area (Å²) in [5, 5.41) is 47.2. The molecule has 0 aliphatic heterocycles. The molecule has 6 aromatic heterocycles. The van der Waals surface area contributed by atoms with Crippen molar-refractivity contribution in [2.45, 2.75) is 146 Å². The summed E-state index contributed by atoms with van der Waals surface area (Å²) in [5.74, 6) is -2.18. The molecule has 28 heteroatoms. The average Bonchev–Trinajstić information content (AvgIpc) is 1.69. The molecule has 0 aliphatic rings. The van der Waals surface area contributed by atoms with Crippen LogP contribution in [-0.2, 0) is 43.2 Å². The van der Waals surface area contributed by atoms with Crippen molar-refractivity contribution in [2.24, 2.45) is 22.5 Å². The van der Waals surface area contributed by atoms with Crippen molar-refractivity contribution >= 4 is 54.9 Å². The first-order chi connectivity index (χ1) is 41.6. The fourth-order valence-corrected chi connectivity index (χ4v) is 11.7. The number of aryl methyl sites for hydroxylation is 2. The number of nitriles is 2. The van der Waals surface area contributed by atoms with Crippen LogP contribution in [0.3, 0.4) is 0 Å². The second-order valence-corrected chi connectivity index (χ2v) is 26.1. The van der Waals surface area contributed by atoms with Crippen LogP contribution in [0.25, 0.3) is 30.4 Å². The standard InChI is InChI=1S/C31H37FN6O5S.C27H29FN6O6S.C3H9N/c1-18(2)13-24(39)31(6,7)37-26(40)25-19(3)27(38-34-11-12-35-38)44-28(25)36(29(37)41)15-23(43-17-30(4,5)16-33)21-14-20(32)9-10-22(21)42-8;1-15-20-21(35)33(27(4,5)24(36)37)25(38)32(23(20)41-22(15)34-30-9-10-31-34)12-19(40-14-26(2,3)13-29)17-11-16(28)7-8-18(17)39-6;1-3(2)4/h9-12,14,18,23H,13,15,17H2,1-8H3;7-11,19H,12,14H2,1-6H3,(H,36,37);3H,4H2,1-2H3/t23-;19-;/m00./s1. The minimum absolute atomic E-state index is 0.00511. The van der Waals surface area contributed by atoms with Crippen LogP contribution in [0.2, 0.25) is 0 Å². The Morgan fingerprint density at radius 3 is 1.30 bits per heavy atom. The number of methoxy groups -OCH3 is 2. The van der Waals surface area contributed by atoms with Gasteiger partial charge in [0.25, 0.3) is 11.1 Å². The molecule has 3 N–H and O–H groups in total. The van der Waals surface area contributed by atoms with Gasteiger partial charge in [0.2, 0.25) is 0 Å². The van der Waals surface area contributed by atoms with E-state index in [1.54, 1.807) is 55.4 Å². The van der Waals surface area contributed by atoms with Gasteiger partial charge >= 0.3 is 17.3 Å². The van der Waals surface area contributed by atoms with Gasteiger partial charge in [0.1, 0.15) is 66.1 Å². The summed E-state index contributed by atoms with van der Waals surface area (Å²) in [6, 6.07) is 12.5. The molecule has 0 aliphatic carbocycles. The number of nitrogens with zero attached hydrogens (tertiary/aromatic N) is 12. The van der Waals surface area contributed by atoms with Gasteiger partial charge in [0.15, 0.2) is 5.78 Å². The van der Waals surface area contributed by atoms with E-state index in [-0.39, 0.29) is 71.3 Å². The Bertz CT molecular complexity index is 4220. The number of hydrogen-bond donors (Lipinski definition) is 2. The largest absolute Gasteiger partial charge is 0.496 e. The molecule has 0 radical (unpaired) electrons. The number of hydrogen-bond acceptors (Lipinski definition) is 19. The number of ether oxygens (including phenoxy) is 4. The Morgan fingerprint density at radius 1 is 0.640 bits per heavy atom. The van der Waals surface area contributed by atoms with Gasteiger partial charge in [-0.05, 0) is 118 Å². The highest BCUT2D eigenvalue weighted by molar-refractivity contribution is 7.21. The number of thiophene rings is 2. The van der Waals surface area contributed by atoms with Crippen molar-refractivity contribution in [3.05, 3.63) is 137 Å². The van der Waals surface area contributed by atoms with E-state index in [0.717, 1.165) is 27.2 Å². The molecule has 2 aromatic carbocycles. The van der Waals surface area contributed by atoms with Gasteiger partial charge in [0.05, 0.1) is 99.1 Å². The van der Waals surface area contributed by atoms with Crippen LogP contribution in [0.4, 0.5) is 8.78 Å². The summed E-state index contributed by atoms with van der Waals surface area (Å²) in [6.45, 7) is 22.9. The van der Waals surface area contributed by atoms with Crippen LogP contribution in [0, 0.1) is 64.9 Å². The molecule has 89 heavy (non-hydrogen) atoms. The third-order valence-corrected chi connectivity index (χ3v) is 16.7. The number of nitrogens with two attached hydrogens (primary N) is 1. The molecule has 0 saturated carbocycles. The van der Waals surface area contributed by atoms with Crippen LogP contribution in [0.5, 0.6) is 11.5 Å². The van der Waals surface area contributed by atoms with Gasteiger partial charge in [-0.25, -0.2) is 32.3 Å². The number of halogens is 2. The van der Waals surface area contributed by atoms with Crippen molar-refractivity contribution in [3.63, 3.8) is 0 Å². The van der Waals surface area contributed by atoms with Gasteiger partial charge < -0.3 is 29.8 Å². The third kappa shape index (κ3) is 15.1. The molecule has 0 spiro atoms. The number of fused-ring (bicyclic) bond motifs is 2. The van der Waals surface area contributed by atoms with Gasteiger partial charge in [-0.2, -0.15) is 30.9 Å². The minimum Gasteiger partial charge on any atom is -0.496 e. The van der Waals surface area contributed by atoms with Crippen molar-refractivity contribution < 1.29 is 42.4 Å². The minimum atomic E-state index is -1.92. The molecule has 6 heterocycles. The average molecular weight is 1270 g/mol. The molecule has 0 saturated heterocycles. The summed E-state index contributed by atoms with van der Waals surface area (Å²) in [5.41, 5.74) is -1.59. The Kier molecular flexibility index (Phi) is 21.8. The van der Waals surface area contributed by atoms with Crippen LogP contribution < -0.4 is 37.7 Å². The predicted molar refractivity (Wildman–Crippen MR) is 332 cm³/mol. The number of benzene rings is 2. The number of aliphatic carboxylic acids is 1. The normalized spacial score (nSPS) is 12.7.